The molecule has 0 radical (unpaired) electrons. The first-order valence-corrected chi connectivity index (χ1v) is 11.4. The van der Waals surface area contributed by atoms with Crippen LogP contribution in [0.2, 0.25) is 0 Å². The Hall–Kier alpha value is -2.48. The van der Waals surface area contributed by atoms with E-state index >= 15 is 0 Å². The van der Waals surface area contributed by atoms with E-state index in [0.717, 1.165) is 43.4 Å². The van der Waals surface area contributed by atoms with E-state index in [4.69, 9.17) is 0 Å². The molecule has 2 fully saturated rings. The molecule has 1 aliphatic heterocycles. The Kier molecular flexibility index (Phi) is 6.27. The standard InChI is InChI=1S/C23H23F3N2O2S/c24-23(25,26)17-9-11-19(12-10-17)28-20(29)14-31-22(28)16-7-4-8-18(13-16)27-21(30)15-5-2-1-3-6-15/h4,7-13,15,22H,1-3,5-6,14H2,(H,27,30). The molecule has 2 aromatic carbocycles. The molecule has 1 saturated carbocycles. The predicted molar refractivity (Wildman–Crippen MR) is 116 cm³/mol. The minimum absolute atomic E-state index is 0.0200. The number of halogens is 3. The van der Waals surface area contributed by atoms with E-state index in [1.165, 1.54) is 35.2 Å². The molecule has 1 unspecified atom stereocenters. The van der Waals surface area contributed by atoms with Gasteiger partial charge in [-0.3, -0.25) is 14.5 Å². The Morgan fingerprint density at radius 1 is 1.03 bits per heavy atom. The van der Waals surface area contributed by atoms with Crippen molar-refractivity contribution in [2.45, 2.75) is 43.7 Å². The number of carbonyl (C=O) groups excluding carboxylic acids is 2. The number of alkyl halides is 3. The van der Waals surface area contributed by atoms with Crippen molar-refractivity contribution >= 4 is 35.0 Å². The molecule has 1 N–H and O–H groups in total. The summed E-state index contributed by atoms with van der Waals surface area (Å²) in [5.74, 6) is 0.131. The summed E-state index contributed by atoms with van der Waals surface area (Å²) in [4.78, 5) is 26.6. The maximum atomic E-state index is 12.9. The van der Waals surface area contributed by atoms with E-state index in [-0.39, 0.29) is 28.9 Å². The van der Waals surface area contributed by atoms with Gasteiger partial charge >= 0.3 is 6.18 Å². The molecule has 0 aromatic heterocycles. The predicted octanol–water partition coefficient (Wildman–Crippen LogP) is 6.00. The van der Waals surface area contributed by atoms with E-state index in [2.05, 4.69) is 5.32 Å². The van der Waals surface area contributed by atoms with Gasteiger partial charge in [-0.1, -0.05) is 31.4 Å². The Bertz CT molecular complexity index is 956. The lowest BCUT2D eigenvalue weighted by Gasteiger charge is -2.25. The lowest BCUT2D eigenvalue weighted by Crippen LogP contribution is -2.28. The maximum absolute atomic E-state index is 12.9. The van der Waals surface area contributed by atoms with Crippen LogP contribution in [0.5, 0.6) is 0 Å². The van der Waals surface area contributed by atoms with Crippen LogP contribution in [-0.2, 0) is 15.8 Å². The average Bonchev–Trinajstić information content (AvgIpc) is 3.15. The number of benzene rings is 2. The minimum atomic E-state index is -4.42. The number of nitrogens with one attached hydrogen (secondary N) is 1. The second-order valence-electron chi connectivity index (χ2n) is 7.92. The van der Waals surface area contributed by atoms with E-state index in [1.807, 2.05) is 24.3 Å². The van der Waals surface area contributed by atoms with Crippen LogP contribution in [-0.4, -0.2) is 17.6 Å². The lowest BCUT2D eigenvalue weighted by atomic mass is 9.88. The number of thioether (sulfide) groups is 1. The van der Waals surface area contributed by atoms with Gasteiger partial charge in [-0.05, 0) is 54.8 Å². The normalized spacial score (nSPS) is 20.2. The van der Waals surface area contributed by atoms with Gasteiger partial charge in [0.25, 0.3) is 0 Å². The number of hydrogen-bond acceptors (Lipinski definition) is 3. The zero-order chi connectivity index (χ0) is 22.0. The van der Waals surface area contributed by atoms with Crippen molar-refractivity contribution in [3.05, 3.63) is 59.7 Å². The van der Waals surface area contributed by atoms with Crippen LogP contribution in [0, 0.1) is 5.92 Å². The van der Waals surface area contributed by atoms with E-state index in [9.17, 15) is 22.8 Å². The van der Waals surface area contributed by atoms with Crippen LogP contribution in [0.25, 0.3) is 0 Å². The van der Waals surface area contributed by atoms with Crippen molar-refractivity contribution in [3.63, 3.8) is 0 Å². The molecular weight excluding hydrogens is 425 g/mol. The highest BCUT2D eigenvalue weighted by molar-refractivity contribution is 8.00. The van der Waals surface area contributed by atoms with Gasteiger partial charge in [-0.15, -0.1) is 11.8 Å². The van der Waals surface area contributed by atoms with Crippen molar-refractivity contribution in [2.24, 2.45) is 5.92 Å². The minimum Gasteiger partial charge on any atom is -0.326 e. The molecule has 164 valence electrons. The molecule has 2 amide bonds. The van der Waals surface area contributed by atoms with Gasteiger partial charge in [0, 0.05) is 17.3 Å². The third-order valence-corrected chi connectivity index (χ3v) is 6.97. The van der Waals surface area contributed by atoms with Gasteiger partial charge in [0.15, 0.2) is 0 Å². The molecule has 31 heavy (non-hydrogen) atoms. The van der Waals surface area contributed by atoms with Crippen LogP contribution < -0.4 is 10.2 Å². The van der Waals surface area contributed by atoms with Crippen LogP contribution in [0.15, 0.2) is 48.5 Å². The summed E-state index contributed by atoms with van der Waals surface area (Å²) in [6.45, 7) is 0. The molecule has 1 saturated heterocycles. The SMILES string of the molecule is O=C(Nc1cccc(C2SCC(=O)N2c2ccc(C(F)(F)F)cc2)c1)C1CCCCC1. The molecule has 2 aliphatic rings. The Balaban J connectivity index is 1.53. The fraction of sp³-hybridized carbons (Fsp3) is 0.391. The van der Waals surface area contributed by atoms with Crippen molar-refractivity contribution in [1.82, 2.24) is 0 Å². The van der Waals surface area contributed by atoms with Gasteiger partial charge in [0.1, 0.15) is 5.37 Å². The second kappa shape index (κ2) is 8.94. The Labute approximate surface area is 183 Å². The van der Waals surface area contributed by atoms with Crippen LogP contribution >= 0.6 is 11.8 Å². The highest BCUT2D eigenvalue weighted by Gasteiger charge is 2.35. The maximum Gasteiger partial charge on any atom is 0.416 e. The van der Waals surface area contributed by atoms with Gasteiger partial charge in [-0.25, -0.2) is 0 Å². The fourth-order valence-corrected chi connectivity index (χ4v) is 5.31. The number of amides is 2. The fourth-order valence-electron chi connectivity index (χ4n) is 4.14. The first kappa shape index (κ1) is 21.7. The monoisotopic (exact) mass is 448 g/mol. The molecule has 4 nitrogen and oxygen atoms in total. The van der Waals surface area contributed by atoms with E-state index < -0.39 is 11.7 Å². The third kappa shape index (κ3) is 4.89. The zero-order valence-corrected chi connectivity index (χ0v) is 17.6. The molecule has 1 atom stereocenters. The van der Waals surface area contributed by atoms with Crippen LogP contribution in [0.4, 0.5) is 24.5 Å². The topological polar surface area (TPSA) is 49.4 Å². The van der Waals surface area contributed by atoms with Crippen molar-refractivity contribution < 1.29 is 22.8 Å². The first-order chi connectivity index (χ1) is 14.8. The molecular formula is C23H23F3N2O2S. The Morgan fingerprint density at radius 2 is 1.74 bits per heavy atom. The quantitative estimate of drug-likeness (QED) is 0.624. The Morgan fingerprint density at radius 3 is 2.42 bits per heavy atom. The van der Waals surface area contributed by atoms with Gasteiger partial charge < -0.3 is 5.32 Å². The average molecular weight is 449 g/mol. The largest absolute Gasteiger partial charge is 0.416 e. The molecule has 1 heterocycles. The third-order valence-electron chi connectivity index (χ3n) is 5.76. The number of hydrogen-bond donors (Lipinski definition) is 1. The molecule has 4 rings (SSSR count). The molecule has 0 bridgehead atoms. The highest BCUT2D eigenvalue weighted by atomic mass is 32.2. The summed E-state index contributed by atoms with van der Waals surface area (Å²) < 4.78 is 38.6. The summed E-state index contributed by atoms with van der Waals surface area (Å²) in [6, 6.07) is 12.0. The van der Waals surface area contributed by atoms with Crippen LogP contribution in [0.1, 0.15) is 48.6 Å². The summed E-state index contributed by atoms with van der Waals surface area (Å²) in [5.41, 5.74) is 1.15. The first-order valence-electron chi connectivity index (χ1n) is 10.3. The molecule has 8 heteroatoms. The van der Waals surface area contributed by atoms with Crippen molar-refractivity contribution in [3.8, 4) is 0 Å². The van der Waals surface area contributed by atoms with Gasteiger partial charge in [-0.2, -0.15) is 13.2 Å². The number of anilines is 2. The van der Waals surface area contributed by atoms with E-state index in [1.54, 1.807) is 0 Å². The van der Waals surface area contributed by atoms with Crippen molar-refractivity contribution in [1.29, 1.82) is 0 Å². The summed E-state index contributed by atoms with van der Waals surface area (Å²) >= 11 is 1.41. The summed E-state index contributed by atoms with van der Waals surface area (Å²) in [5, 5.41) is 2.62. The smallest absolute Gasteiger partial charge is 0.326 e. The second-order valence-corrected chi connectivity index (χ2v) is 8.99. The highest BCUT2D eigenvalue weighted by Crippen LogP contribution is 2.43. The molecule has 2 aromatic rings. The molecule has 1 aliphatic carbocycles. The summed E-state index contributed by atoms with van der Waals surface area (Å²) in [6.07, 6.45) is 0.695. The lowest BCUT2D eigenvalue weighted by molar-refractivity contribution is -0.137. The molecule has 0 spiro atoms. The van der Waals surface area contributed by atoms with Gasteiger partial charge in [0.05, 0.1) is 11.3 Å². The number of carbonyl (C=O) groups is 2. The van der Waals surface area contributed by atoms with Crippen molar-refractivity contribution in [2.75, 3.05) is 16.0 Å². The number of nitrogens with zero attached hydrogens (tertiary/aromatic N) is 1. The number of rotatable bonds is 4. The van der Waals surface area contributed by atoms with Crippen LogP contribution in [0.3, 0.4) is 0 Å². The zero-order valence-electron chi connectivity index (χ0n) is 16.8. The summed E-state index contributed by atoms with van der Waals surface area (Å²) in [7, 11) is 0. The van der Waals surface area contributed by atoms with Gasteiger partial charge in [0.2, 0.25) is 11.8 Å². The van der Waals surface area contributed by atoms with E-state index in [0.29, 0.717) is 11.4 Å².